The molecule has 0 unspecified atom stereocenters. The molecule has 0 radical (unpaired) electrons. The lowest BCUT2D eigenvalue weighted by Gasteiger charge is -2.36. The lowest BCUT2D eigenvalue weighted by molar-refractivity contribution is -0.118. The first-order chi connectivity index (χ1) is 16.7. The lowest BCUT2D eigenvalue weighted by Crippen LogP contribution is -2.40. The molecule has 3 heterocycles. The van der Waals surface area contributed by atoms with Gasteiger partial charge < -0.3 is 20.1 Å². The van der Waals surface area contributed by atoms with Gasteiger partial charge in [-0.25, -0.2) is 9.97 Å². The summed E-state index contributed by atoms with van der Waals surface area (Å²) in [5, 5.41) is 0.596. The molecule has 0 saturated carbocycles. The number of nitrogens with two attached hydrogens (primary N) is 1. The molecule has 10 heteroatoms. The van der Waals surface area contributed by atoms with Gasteiger partial charge >= 0.3 is 0 Å². The molecule has 1 aliphatic heterocycles. The van der Waals surface area contributed by atoms with Gasteiger partial charge in [-0.3, -0.25) is 14.4 Å². The van der Waals surface area contributed by atoms with Gasteiger partial charge in [-0.15, -0.1) is 0 Å². The van der Waals surface area contributed by atoms with Crippen molar-refractivity contribution in [2.24, 2.45) is 5.73 Å². The number of nitrogens with zero attached hydrogens (tertiary/aromatic N) is 5. The summed E-state index contributed by atoms with van der Waals surface area (Å²) in [6.45, 7) is 0.245. The molecule has 35 heavy (non-hydrogen) atoms. The zero-order chi connectivity index (χ0) is 25.1. The summed E-state index contributed by atoms with van der Waals surface area (Å²) in [7, 11) is 3.73. The number of hydrogen-bond acceptors (Lipinski definition) is 6. The number of halogens is 1. The summed E-state index contributed by atoms with van der Waals surface area (Å²) in [4.78, 5) is 50.1. The molecule has 182 valence electrons. The molecule has 1 fully saturated rings. The molecule has 2 amide bonds. The molecular formula is C25H27ClN6O3. The van der Waals surface area contributed by atoms with E-state index in [0.717, 1.165) is 40.7 Å². The second-order valence-electron chi connectivity index (χ2n) is 8.73. The first-order valence-electron chi connectivity index (χ1n) is 11.3. The third kappa shape index (κ3) is 5.35. The van der Waals surface area contributed by atoms with Gasteiger partial charge in [-0.2, -0.15) is 0 Å². The van der Waals surface area contributed by atoms with E-state index in [-0.39, 0.29) is 18.5 Å². The van der Waals surface area contributed by atoms with Gasteiger partial charge in [0.05, 0.1) is 17.3 Å². The number of aromatic nitrogens is 3. The van der Waals surface area contributed by atoms with Crippen LogP contribution in [0, 0.1) is 0 Å². The summed E-state index contributed by atoms with van der Waals surface area (Å²) < 4.78 is 1.15. The Kier molecular flexibility index (Phi) is 7.16. The quantitative estimate of drug-likeness (QED) is 0.563. The van der Waals surface area contributed by atoms with Crippen molar-refractivity contribution in [2.75, 3.05) is 25.5 Å². The minimum atomic E-state index is -0.657. The lowest BCUT2D eigenvalue weighted by atomic mass is 9.93. The number of carbonyl (C=O) groups excluding carboxylic acids is 2. The number of piperidine rings is 1. The molecule has 0 aliphatic carbocycles. The SMILES string of the molecule is CN(C)c1ncc(-c2cccc(Cl)c2)c([C@H]2CCCCN2C(=O)c2ccc(=O)n(CC(N)=O)c2)n1. The second kappa shape index (κ2) is 10.3. The third-order valence-electron chi connectivity index (χ3n) is 5.98. The standard InChI is InChI=1S/C25H27ClN6O3/c1-30(2)25-28-13-19(16-6-5-7-18(26)12-16)23(29-25)20-8-3-4-11-32(20)24(35)17-9-10-22(34)31(14-17)15-21(27)33/h5-7,9-10,12-14,20H,3-4,8,11,15H2,1-2H3,(H2,27,33)/t20-/m1/s1. The maximum Gasteiger partial charge on any atom is 0.255 e. The minimum absolute atomic E-state index is 0.241. The van der Waals surface area contributed by atoms with Crippen LogP contribution in [0.25, 0.3) is 11.1 Å². The van der Waals surface area contributed by atoms with Crippen LogP contribution in [-0.2, 0) is 11.3 Å². The number of anilines is 1. The highest BCUT2D eigenvalue weighted by Crippen LogP contribution is 2.37. The fraction of sp³-hybridized carbons (Fsp3) is 0.320. The Labute approximate surface area is 208 Å². The summed E-state index contributed by atoms with van der Waals surface area (Å²) in [6, 6.07) is 9.93. The van der Waals surface area contributed by atoms with E-state index in [1.54, 1.807) is 17.2 Å². The molecule has 0 spiro atoms. The first kappa shape index (κ1) is 24.4. The van der Waals surface area contributed by atoms with Crippen molar-refractivity contribution in [1.29, 1.82) is 0 Å². The molecule has 9 nitrogen and oxygen atoms in total. The smallest absolute Gasteiger partial charge is 0.255 e. The Morgan fingerprint density at radius 2 is 2.00 bits per heavy atom. The van der Waals surface area contributed by atoms with Gasteiger partial charge in [-0.1, -0.05) is 23.7 Å². The van der Waals surface area contributed by atoms with Crippen molar-refractivity contribution in [2.45, 2.75) is 31.8 Å². The number of likely N-dealkylation sites (tertiary alicyclic amines) is 1. The van der Waals surface area contributed by atoms with Gasteiger partial charge in [0.2, 0.25) is 11.9 Å². The van der Waals surface area contributed by atoms with Crippen molar-refractivity contribution < 1.29 is 9.59 Å². The number of carbonyl (C=O) groups is 2. The topological polar surface area (TPSA) is 114 Å². The van der Waals surface area contributed by atoms with Crippen LogP contribution in [0.2, 0.25) is 5.02 Å². The van der Waals surface area contributed by atoms with E-state index in [0.29, 0.717) is 23.1 Å². The number of hydrogen-bond donors (Lipinski definition) is 1. The summed E-state index contributed by atoms with van der Waals surface area (Å²) in [5.74, 6) is -0.357. The number of pyridine rings is 1. The zero-order valence-electron chi connectivity index (χ0n) is 19.6. The number of primary amides is 1. The van der Waals surface area contributed by atoms with E-state index in [2.05, 4.69) is 4.98 Å². The second-order valence-corrected chi connectivity index (χ2v) is 9.17. The zero-order valence-corrected chi connectivity index (χ0v) is 20.4. The van der Waals surface area contributed by atoms with Gasteiger partial charge in [0.15, 0.2) is 0 Å². The molecule has 3 aromatic rings. The molecule has 4 rings (SSSR count). The minimum Gasteiger partial charge on any atom is -0.368 e. The van der Waals surface area contributed by atoms with E-state index >= 15 is 0 Å². The molecule has 2 aromatic heterocycles. The Bertz CT molecular complexity index is 1320. The van der Waals surface area contributed by atoms with Crippen LogP contribution in [0.1, 0.15) is 41.4 Å². The van der Waals surface area contributed by atoms with E-state index in [1.165, 1.54) is 18.3 Å². The Morgan fingerprint density at radius 1 is 1.20 bits per heavy atom. The van der Waals surface area contributed by atoms with Gasteiger partial charge in [0.1, 0.15) is 6.54 Å². The maximum atomic E-state index is 13.7. The number of amides is 2. The molecule has 2 N–H and O–H groups in total. The van der Waals surface area contributed by atoms with Crippen LogP contribution in [-0.4, -0.2) is 51.9 Å². The van der Waals surface area contributed by atoms with Crippen molar-refractivity contribution in [1.82, 2.24) is 19.4 Å². The fourth-order valence-corrected chi connectivity index (χ4v) is 4.50. The predicted octanol–water partition coefficient (Wildman–Crippen LogP) is 2.88. The van der Waals surface area contributed by atoms with Crippen LogP contribution in [0.4, 0.5) is 5.95 Å². The van der Waals surface area contributed by atoms with Crippen molar-refractivity contribution in [3.63, 3.8) is 0 Å². The highest BCUT2D eigenvalue weighted by atomic mass is 35.5. The average Bonchev–Trinajstić information content (AvgIpc) is 2.84. The fourth-order valence-electron chi connectivity index (χ4n) is 4.31. The van der Waals surface area contributed by atoms with E-state index < -0.39 is 11.5 Å². The molecular weight excluding hydrogens is 468 g/mol. The number of benzene rings is 1. The van der Waals surface area contributed by atoms with Crippen molar-refractivity contribution >= 4 is 29.4 Å². The van der Waals surface area contributed by atoms with Crippen LogP contribution in [0.5, 0.6) is 0 Å². The normalized spacial score (nSPS) is 15.6. The highest BCUT2D eigenvalue weighted by molar-refractivity contribution is 6.30. The molecule has 1 aromatic carbocycles. The Morgan fingerprint density at radius 3 is 2.71 bits per heavy atom. The van der Waals surface area contributed by atoms with Gasteiger partial charge in [0.25, 0.3) is 11.5 Å². The predicted molar refractivity (Wildman–Crippen MR) is 134 cm³/mol. The van der Waals surface area contributed by atoms with Crippen LogP contribution >= 0.6 is 11.6 Å². The summed E-state index contributed by atoms with van der Waals surface area (Å²) >= 11 is 6.26. The first-order valence-corrected chi connectivity index (χ1v) is 11.7. The van der Waals surface area contributed by atoms with E-state index in [9.17, 15) is 14.4 Å². The van der Waals surface area contributed by atoms with Crippen LogP contribution in [0.15, 0.2) is 53.6 Å². The average molecular weight is 495 g/mol. The summed E-state index contributed by atoms with van der Waals surface area (Å²) in [6.07, 6.45) is 5.68. The molecule has 1 atom stereocenters. The van der Waals surface area contributed by atoms with Crippen LogP contribution < -0.4 is 16.2 Å². The molecule has 0 bridgehead atoms. The van der Waals surface area contributed by atoms with Gasteiger partial charge in [-0.05, 0) is 43.0 Å². The molecule has 1 aliphatic rings. The van der Waals surface area contributed by atoms with Gasteiger partial charge in [0, 0.05) is 49.7 Å². The highest BCUT2D eigenvalue weighted by Gasteiger charge is 2.32. The Balaban J connectivity index is 1.78. The third-order valence-corrected chi connectivity index (χ3v) is 6.21. The Hall–Kier alpha value is -3.72. The van der Waals surface area contributed by atoms with E-state index in [1.807, 2.05) is 37.2 Å². The molecule has 1 saturated heterocycles. The van der Waals surface area contributed by atoms with Crippen molar-refractivity contribution in [3.05, 3.63) is 75.4 Å². The number of rotatable bonds is 6. The summed E-state index contributed by atoms with van der Waals surface area (Å²) in [5.41, 5.74) is 7.58. The maximum absolute atomic E-state index is 13.7. The van der Waals surface area contributed by atoms with Crippen LogP contribution in [0.3, 0.4) is 0 Å². The largest absolute Gasteiger partial charge is 0.368 e. The van der Waals surface area contributed by atoms with Crippen molar-refractivity contribution in [3.8, 4) is 11.1 Å². The monoisotopic (exact) mass is 494 g/mol. The van der Waals surface area contributed by atoms with E-state index in [4.69, 9.17) is 22.3 Å².